The Bertz CT molecular complexity index is 355. The van der Waals surface area contributed by atoms with Gasteiger partial charge in [0.2, 0.25) is 0 Å². The lowest BCUT2D eigenvalue weighted by atomic mass is 10.1. The molecule has 3 nitrogen and oxygen atoms in total. The fraction of sp³-hybridized carbons (Fsp3) is 0.333. The molecule has 0 saturated carbocycles. The van der Waals surface area contributed by atoms with Gasteiger partial charge in [-0.2, -0.15) is 0 Å². The zero-order chi connectivity index (χ0) is 10.7. The summed E-state index contributed by atoms with van der Waals surface area (Å²) in [6.07, 6.45) is 0.309. The first-order valence-electron chi connectivity index (χ1n) is 4.08. The van der Waals surface area contributed by atoms with Gasteiger partial charge in [0.05, 0.1) is 10.5 Å². The summed E-state index contributed by atoms with van der Waals surface area (Å²) in [7, 11) is 0. The minimum atomic E-state index is -0.562. The Kier molecular flexibility index (Phi) is 3.57. The lowest BCUT2D eigenvalue weighted by molar-refractivity contribution is -0.385. The lowest BCUT2D eigenvalue weighted by Gasteiger charge is -2.05. The number of nitro benzene ring substituents is 1. The van der Waals surface area contributed by atoms with Gasteiger partial charge in [0.1, 0.15) is 5.82 Å². The number of nitrogens with zero attached hydrogens (tertiary/aromatic N) is 1. The van der Waals surface area contributed by atoms with E-state index in [1.54, 1.807) is 0 Å². The molecule has 0 aliphatic rings. The molecule has 0 fully saturated rings. The zero-order valence-corrected chi connectivity index (χ0v) is 9.12. The molecule has 0 aliphatic heterocycles. The minimum Gasteiger partial charge on any atom is -0.258 e. The quantitative estimate of drug-likeness (QED) is 0.477. The number of hydrogen-bond donors (Lipinski definition) is 0. The highest BCUT2D eigenvalue weighted by Gasteiger charge is 2.18. The van der Waals surface area contributed by atoms with Crippen LogP contribution in [0.5, 0.6) is 0 Å². The van der Waals surface area contributed by atoms with Crippen molar-refractivity contribution in [3.63, 3.8) is 0 Å². The Labute approximate surface area is 89.2 Å². The summed E-state index contributed by atoms with van der Waals surface area (Å²) in [6.45, 7) is 1.82. The summed E-state index contributed by atoms with van der Waals surface area (Å²) in [6, 6.07) is 3.89. The smallest absolute Gasteiger partial charge is 0.258 e. The topological polar surface area (TPSA) is 43.1 Å². The number of rotatable bonds is 3. The van der Waals surface area contributed by atoms with E-state index in [1.807, 2.05) is 6.92 Å². The lowest BCUT2D eigenvalue weighted by Crippen LogP contribution is -2.04. The maximum atomic E-state index is 13.2. The van der Waals surface area contributed by atoms with E-state index in [2.05, 4.69) is 15.9 Å². The largest absolute Gasteiger partial charge is 0.275 e. The van der Waals surface area contributed by atoms with E-state index in [4.69, 9.17) is 0 Å². The molecule has 1 unspecified atom stereocenters. The molecular weight excluding hydrogens is 253 g/mol. The molecule has 1 rings (SSSR count). The predicted molar refractivity (Wildman–Crippen MR) is 55.1 cm³/mol. The van der Waals surface area contributed by atoms with Crippen molar-refractivity contribution < 1.29 is 9.31 Å². The van der Waals surface area contributed by atoms with Crippen LogP contribution < -0.4 is 0 Å². The summed E-state index contributed by atoms with van der Waals surface area (Å²) in [5, 5.41) is 10.6. The Morgan fingerprint density at radius 2 is 2.29 bits per heavy atom. The van der Waals surface area contributed by atoms with Gasteiger partial charge in [-0.05, 0) is 12.5 Å². The molecule has 1 aromatic rings. The van der Waals surface area contributed by atoms with Crippen LogP contribution in [0.15, 0.2) is 18.2 Å². The van der Waals surface area contributed by atoms with Crippen LogP contribution in [0.2, 0.25) is 0 Å². The molecule has 5 heteroatoms. The molecule has 0 aromatic heterocycles. The third-order valence-corrected chi connectivity index (χ3v) is 2.10. The van der Waals surface area contributed by atoms with Crippen LogP contribution in [0.3, 0.4) is 0 Å². The van der Waals surface area contributed by atoms with Crippen LogP contribution >= 0.6 is 15.9 Å². The van der Waals surface area contributed by atoms with E-state index in [1.165, 1.54) is 18.2 Å². The predicted octanol–water partition coefficient (Wildman–Crippen LogP) is 3.06. The monoisotopic (exact) mass is 261 g/mol. The number of nitro groups is 1. The van der Waals surface area contributed by atoms with Gasteiger partial charge in [0.15, 0.2) is 0 Å². The van der Waals surface area contributed by atoms with E-state index in [-0.39, 0.29) is 16.1 Å². The molecule has 0 aliphatic carbocycles. The average molecular weight is 262 g/mol. The molecule has 14 heavy (non-hydrogen) atoms. The van der Waals surface area contributed by atoms with Crippen LogP contribution in [0.25, 0.3) is 0 Å². The number of halogens is 2. The number of benzene rings is 1. The summed E-state index contributed by atoms with van der Waals surface area (Å²) in [4.78, 5) is 10.0. The number of alkyl halides is 1. The van der Waals surface area contributed by atoms with Gasteiger partial charge in [-0.1, -0.05) is 28.9 Å². The molecule has 1 aromatic carbocycles. The van der Waals surface area contributed by atoms with Crippen LogP contribution in [-0.4, -0.2) is 9.75 Å². The van der Waals surface area contributed by atoms with Gasteiger partial charge in [-0.25, -0.2) is 4.39 Å². The number of hydrogen-bond acceptors (Lipinski definition) is 2. The van der Waals surface area contributed by atoms with E-state index >= 15 is 0 Å². The highest BCUT2D eigenvalue weighted by atomic mass is 79.9. The molecular formula is C9H9BrFNO2. The van der Waals surface area contributed by atoms with Crippen molar-refractivity contribution >= 4 is 21.6 Å². The van der Waals surface area contributed by atoms with E-state index in [0.717, 1.165) is 0 Å². The van der Waals surface area contributed by atoms with E-state index in [9.17, 15) is 14.5 Å². The molecule has 0 amide bonds. The van der Waals surface area contributed by atoms with Crippen LogP contribution in [-0.2, 0) is 6.42 Å². The summed E-state index contributed by atoms with van der Waals surface area (Å²) >= 11 is 3.24. The molecule has 1 atom stereocenters. The molecule has 0 radical (unpaired) electrons. The summed E-state index contributed by atoms with van der Waals surface area (Å²) < 4.78 is 13.2. The first-order valence-corrected chi connectivity index (χ1v) is 4.99. The van der Waals surface area contributed by atoms with E-state index in [0.29, 0.717) is 6.42 Å². The molecule has 0 spiro atoms. The Morgan fingerprint density at radius 3 is 2.79 bits per heavy atom. The molecule has 0 heterocycles. The van der Waals surface area contributed by atoms with Crippen molar-refractivity contribution in [3.8, 4) is 0 Å². The Morgan fingerprint density at radius 1 is 1.64 bits per heavy atom. The standard InChI is InChI=1S/C9H9BrFNO2/c1-6(10)5-7-8(11)3-2-4-9(7)12(13)14/h2-4,6H,5H2,1H3. The molecule has 76 valence electrons. The highest BCUT2D eigenvalue weighted by Crippen LogP contribution is 2.24. The Balaban J connectivity index is 3.15. The summed E-state index contributed by atoms with van der Waals surface area (Å²) in [5.41, 5.74) is -0.00169. The second kappa shape index (κ2) is 4.50. The van der Waals surface area contributed by atoms with Gasteiger partial charge < -0.3 is 0 Å². The second-order valence-electron chi connectivity index (χ2n) is 2.98. The highest BCUT2D eigenvalue weighted by molar-refractivity contribution is 9.09. The fourth-order valence-corrected chi connectivity index (χ4v) is 1.53. The maximum Gasteiger partial charge on any atom is 0.275 e. The van der Waals surface area contributed by atoms with Gasteiger partial charge in [0.25, 0.3) is 5.69 Å². The average Bonchev–Trinajstić information content (AvgIpc) is 2.07. The van der Waals surface area contributed by atoms with Crippen molar-refractivity contribution in [3.05, 3.63) is 39.7 Å². The van der Waals surface area contributed by atoms with Gasteiger partial charge in [-0.3, -0.25) is 10.1 Å². The normalized spacial score (nSPS) is 12.5. The molecule has 0 bridgehead atoms. The van der Waals surface area contributed by atoms with E-state index < -0.39 is 10.7 Å². The van der Waals surface area contributed by atoms with Gasteiger partial charge in [-0.15, -0.1) is 0 Å². The van der Waals surface area contributed by atoms with Gasteiger partial charge >= 0.3 is 0 Å². The second-order valence-corrected chi connectivity index (χ2v) is 4.54. The fourth-order valence-electron chi connectivity index (χ4n) is 1.20. The Hall–Kier alpha value is -0.970. The van der Waals surface area contributed by atoms with Crippen molar-refractivity contribution in [1.29, 1.82) is 0 Å². The van der Waals surface area contributed by atoms with Crippen LogP contribution in [0, 0.1) is 15.9 Å². The summed E-state index contributed by atoms with van der Waals surface area (Å²) in [5.74, 6) is -0.523. The molecule has 0 N–H and O–H groups in total. The van der Waals surface area contributed by atoms with Gasteiger partial charge in [0, 0.05) is 10.9 Å². The maximum absolute atomic E-state index is 13.2. The van der Waals surface area contributed by atoms with Crippen molar-refractivity contribution in [2.24, 2.45) is 0 Å². The first kappa shape index (κ1) is 11.1. The minimum absolute atomic E-state index is 0.0121. The first-order chi connectivity index (χ1) is 6.52. The third-order valence-electron chi connectivity index (χ3n) is 1.78. The third kappa shape index (κ3) is 2.51. The van der Waals surface area contributed by atoms with Crippen molar-refractivity contribution in [2.75, 3.05) is 0 Å². The SMILES string of the molecule is CC(Br)Cc1c(F)cccc1[N+](=O)[O-]. The van der Waals surface area contributed by atoms with Crippen LogP contribution in [0.4, 0.5) is 10.1 Å². The van der Waals surface area contributed by atoms with Crippen molar-refractivity contribution in [1.82, 2.24) is 0 Å². The van der Waals surface area contributed by atoms with Crippen molar-refractivity contribution in [2.45, 2.75) is 18.2 Å². The molecule has 0 saturated heterocycles. The zero-order valence-electron chi connectivity index (χ0n) is 7.54. The van der Waals surface area contributed by atoms with Crippen LogP contribution in [0.1, 0.15) is 12.5 Å².